The highest BCUT2D eigenvalue weighted by Gasteiger charge is 2.29. The number of amides is 2. The third kappa shape index (κ3) is 3.41. The number of aromatic nitrogens is 3. The van der Waals surface area contributed by atoms with Gasteiger partial charge < -0.3 is 10.2 Å². The quantitative estimate of drug-likeness (QED) is 0.698. The molecule has 0 unspecified atom stereocenters. The lowest BCUT2D eigenvalue weighted by Gasteiger charge is -2.26. The van der Waals surface area contributed by atoms with Crippen LogP contribution in [0.1, 0.15) is 45.9 Å². The first-order chi connectivity index (χ1) is 14.6. The van der Waals surface area contributed by atoms with Crippen LogP contribution in [0, 0.1) is 12.8 Å². The second-order valence-corrected chi connectivity index (χ2v) is 8.96. The van der Waals surface area contributed by atoms with E-state index in [0.29, 0.717) is 30.2 Å². The first-order valence-corrected chi connectivity index (χ1v) is 11.1. The third-order valence-electron chi connectivity index (χ3n) is 5.97. The Morgan fingerprint density at radius 3 is 2.73 bits per heavy atom. The molecule has 8 heteroatoms. The molecule has 1 saturated carbocycles. The molecule has 3 aromatic rings. The number of hydrogen-bond acceptors (Lipinski definition) is 5. The van der Waals surface area contributed by atoms with Crippen molar-refractivity contribution in [1.82, 2.24) is 19.7 Å². The summed E-state index contributed by atoms with van der Waals surface area (Å²) < 4.78 is 1.80. The Morgan fingerprint density at radius 2 is 2.00 bits per heavy atom. The van der Waals surface area contributed by atoms with Crippen LogP contribution < -0.4 is 5.32 Å². The van der Waals surface area contributed by atoms with E-state index in [9.17, 15) is 9.59 Å². The van der Waals surface area contributed by atoms with Gasteiger partial charge in [0.05, 0.1) is 35.4 Å². The monoisotopic (exact) mass is 421 g/mol. The van der Waals surface area contributed by atoms with Gasteiger partial charge in [-0.05, 0) is 31.9 Å². The zero-order valence-electron chi connectivity index (χ0n) is 16.8. The zero-order valence-corrected chi connectivity index (χ0v) is 17.6. The minimum Gasteiger partial charge on any atom is -0.333 e. The van der Waals surface area contributed by atoms with Crippen LogP contribution in [0.4, 0.5) is 5.13 Å². The average Bonchev–Trinajstić information content (AvgIpc) is 3.28. The normalized spacial score (nSPS) is 16.1. The van der Waals surface area contributed by atoms with E-state index in [4.69, 9.17) is 0 Å². The molecule has 154 valence electrons. The molecule has 0 saturated heterocycles. The van der Waals surface area contributed by atoms with Crippen LogP contribution in [0.5, 0.6) is 0 Å². The van der Waals surface area contributed by atoms with E-state index in [-0.39, 0.29) is 17.7 Å². The van der Waals surface area contributed by atoms with E-state index in [1.54, 1.807) is 10.9 Å². The fraction of sp³-hybridized carbons (Fsp3) is 0.364. The van der Waals surface area contributed by atoms with E-state index < -0.39 is 0 Å². The number of para-hydroxylation sites is 1. The molecule has 0 spiro atoms. The highest BCUT2D eigenvalue weighted by atomic mass is 32.1. The topological polar surface area (TPSA) is 80.1 Å². The van der Waals surface area contributed by atoms with Gasteiger partial charge >= 0.3 is 0 Å². The van der Waals surface area contributed by atoms with Crippen LogP contribution in [0.15, 0.2) is 36.5 Å². The summed E-state index contributed by atoms with van der Waals surface area (Å²) in [6.45, 7) is 3.05. The van der Waals surface area contributed by atoms with Crippen molar-refractivity contribution < 1.29 is 9.59 Å². The molecule has 2 amide bonds. The number of hydrogen-bond donors (Lipinski definition) is 1. The molecule has 3 heterocycles. The SMILES string of the molecule is Cc1c(C(=O)N2CCc3nc(NC(=O)C4CCC4)sc3C2)cnn1-c1ccccc1. The molecule has 0 atom stereocenters. The van der Waals surface area contributed by atoms with Gasteiger partial charge in [-0.1, -0.05) is 36.0 Å². The van der Waals surface area contributed by atoms with Gasteiger partial charge in [0.25, 0.3) is 5.91 Å². The van der Waals surface area contributed by atoms with Crippen LogP contribution >= 0.6 is 11.3 Å². The fourth-order valence-electron chi connectivity index (χ4n) is 3.92. The molecule has 1 N–H and O–H groups in total. The van der Waals surface area contributed by atoms with Crippen molar-refractivity contribution in [3.8, 4) is 5.69 Å². The Bertz CT molecular complexity index is 1100. The minimum absolute atomic E-state index is 0.0196. The lowest BCUT2D eigenvalue weighted by atomic mass is 9.85. The molecule has 0 radical (unpaired) electrons. The van der Waals surface area contributed by atoms with Crippen LogP contribution in [0.3, 0.4) is 0 Å². The standard InChI is InChI=1S/C22H23N5O2S/c1-14-17(12-23-27(14)16-8-3-2-4-9-16)21(29)26-11-10-18-19(13-26)30-22(24-18)25-20(28)15-6-5-7-15/h2-4,8-9,12,15H,5-7,10-11,13H2,1H3,(H,24,25,28). The van der Waals surface area contributed by atoms with Crippen molar-refractivity contribution in [1.29, 1.82) is 0 Å². The largest absolute Gasteiger partial charge is 0.333 e. The van der Waals surface area contributed by atoms with Crippen LogP contribution in [-0.2, 0) is 17.8 Å². The Labute approximate surface area is 178 Å². The molecule has 1 fully saturated rings. The van der Waals surface area contributed by atoms with Gasteiger partial charge in [-0.25, -0.2) is 9.67 Å². The zero-order chi connectivity index (χ0) is 20.7. The van der Waals surface area contributed by atoms with Crippen molar-refractivity contribution in [2.24, 2.45) is 5.92 Å². The molecule has 7 nitrogen and oxygen atoms in total. The predicted octanol–water partition coefficient (Wildman–Crippen LogP) is 3.57. The van der Waals surface area contributed by atoms with Crippen molar-refractivity contribution in [3.63, 3.8) is 0 Å². The Morgan fingerprint density at radius 1 is 1.20 bits per heavy atom. The number of thiazole rings is 1. The number of nitrogens with zero attached hydrogens (tertiary/aromatic N) is 4. The van der Waals surface area contributed by atoms with Gasteiger partial charge in [0.1, 0.15) is 0 Å². The number of nitrogens with one attached hydrogen (secondary N) is 1. The third-order valence-corrected chi connectivity index (χ3v) is 6.96. The van der Waals surface area contributed by atoms with Crippen LogP contribution in [0.2, 0.25) is 0 Å². The Balaban J connectivity index is 1.31. The van der Waals surface area contributed by atoms with Gasteiger partial charge in [0, 0.05) is 23.8 Å². The van der Waals surface area contributed by atoms with Gasteiger partial charge in [-0.2, -0.15) is 5.10 Å². The van der Waals surface area contributed by atoms with Crippen molar-refractivity contribution in [2.75, 3.05) is 11.9 Å². The maximum Gasteiger partial charge on any atom is 0.257 e. The van der Waals surface area contributed by atoms with Crippen LogP contribution in [-0.4, -0.2) is 38.0 Å². The van der Waals surface area contributed by atoms with Crippen molar-refractivity contribution in [3.05, 3.63) is 58.4 Å². The number of benzene rings is 1. The van der Waals surface area contributed by atoms with Crippen molar-refractivity contribution >= 4 is 28.3 Å². The second kappa shape index (κ2) is 7.68. The molecule has 0 bridgehead atoms. The summed E-state index contributed by atoms with van der Waals surface area (Å²) in [7, 11) is 0. The first kappa shape index (κ1) is 19.0. The predicted molar refractivity (Wildman–Crippen MR) is 115 cm³/mol. The summed E-state index contributed by atoms with van der Waals surface area (Å²) in [5.41, 5.74) is 3.37. The van der Waals surface area contributed by atoms with Gasteiger partial charge in [0.15, 0.2) is 5.13 Å². The molecule has 1 aromatic carbocycles. The summed E-state index contributed by atoms with van der Waals surface area (Å²) >= 11 is 1.48. The first-order valence-electron chi connectivity index (χ1n) is 10.3. The maximum absolute atomic E-state index is 13.2. The number of anilines is 1. The number of carbonyl (C=O) groups excluding carboxylic acids is 2. The summed E-state index contributed by atoms with van der Waals surface area (Å²) in [5, 5.41) is 8.04. The second-order valence-electron chi connectivity index (χ2n) is 7.87. The molecular weight excluding hydrogens is 398 g/mol. The lowest BCUT2D eigenvalue weighted by molar-refractivity contribution is -0.122. The summed E-state index contributed by atoms with van der Waals surface area (Å²) in [5.74, 6) is 0.186. The summed E-state index contributed by atoms with van der Waals surface area (Å²) in [6.07, 6.45) is 5.41. The molecule has 30 heavy (non-hydrogen) atoms. The number of fused-ring (bicyclic) bond motifs is 1. The molecule has 1 aliphatic carbocycles. The molecule has 2 aromatic heterocycles. The van der Waals surface area contributed by atoms with E-state index in [0.717, 1.165) is 41.2 Å². The highest BCUT2D eigenvalue weighted by Crippen LogP contribution is 2.32. The summed E-state index contributed by atoms with van der Waals surface area (Å²) in [4.78, 5) is 32.9. The molecule has 2 aliphatic rings. The average molecular weight is 422 g/mol. The smallest absolute Gasteiger partial charge is 0.257 e. The van der Waals surface area contributed by atoms with E-state index in [1.807, 2.05) is 42.2 Å². The summed E-state index contributed by atoms with van der Waals surface area (Å²) in [6, 6.07) is 9.80. The van der Waals surface area contributed by atoms with Crippen LogP contribution in [0.25, 0.3) is 5.69 Å². The van der Waals surface area contributed by atoms with Gasteiger partial charge in [-0.3, -0.25) is 9.59 Å². The highest BCUT2D eigenvalue weighted by molar-refractivity contribution is 7.15. The minimum atomic E-state index is -0.0196. The Hall–Kier alpha value is -3.00. The van der Waals surface area contributed by atoms with E-state index in [2.05, 4.69) is 15.4 Å². The number of carbonyl (C=O) groups is 2. The van der Waals surface area contributed by atoms with E-state index in [1.165, 1.54) is 11.3 Å². The molecule has 5 rings (SSSR count). The Kier molecular flexibility index (Phi) is 4.86. The number of rotatable bonds is 4. The van der Waals surface area contributed by atoms with Crippen molar-refractivity contribution in [2.45, 2.75) is 39.2 Å². The molecular formula is C22H23N5O2S. The van der Waals surface area contributed by atoms with Gasteiger partial charge in [0.2, 0.25) is 5.91 Å². The van der Waals surface area contributed by atoms with E-state index >= 15 is 0 Å². The molecule has 1 aliphatic heterocycles. The fourth-order valence-corrected chi connectivity index (χ4v) is 4.95. The lowest BCUT2D eigenvalue weighted by Crippen LogP contribution is -2.35. The van der Waals surface area contributed by atoms with Gasteiger partial charge in [-0.15, -0.1) is 0 Å². The maximum atomic E-state index is 13.2.